The molecule has 2 N–H and O–H groups in total. The minimum atomic E-state index is -0.760. The number of urea groups is 1. The normalized spacial score (nSPS) is 13.0. The van der Waals surface area contributed by atoms with Gasteiger partial charge in [0.05, 0.1) is 23.3 Å². The van der Waals surface area contributed by atoms with Crippen molar-refractivity contribution in [1.29, 1.82) is 0 Å². The third-order valence-corrected chi connectivity index (χ3v) is 6.32. The summed E-state index contributed by atoms with van der Waals surface area (Å²) in [6, 6.07) is 7.77. The van der Waals surface area contributed by atoms with Crippen molar-refractivity contribution in [3.05, 3.63) is 52.0 Å². The molecule has 1 aromatic heterocycles. The van der Waals surface area contributed by atoms with Gasteiger partial charge in [-0.2, -0.15) is 0 Å². The molecule has 0 saturated carbocycles. The molecule has 0 aliphatic heterocycles. The first-order valence-electron chi connectivity index (χ1n) is 10.9. The zero-order valence-electron chi connectivity index (χ0n) is 19.7. The van der Waals surface area contributed by atoms with Crippen LogP contribution < -0.4 is 10.6 Å². The Morgan fingerprint density at radius 1 is 1.09 bits per heavy atom. The summed E-state index contributed by atoms with van der Waals surface area (Å²) in [5.41, 5.74) is 1.78. The first-order chi connectivity index (χ1) is 15.1. The zero-order valence-corrected chi connectivity index (χ0v) is 20.5. The molecular weight excluding hydrogens is 424 g/mol. The fourth-order valence-electron chi connectivity index (χ4n) is 3.16. The molecule has 0 aliphatic carbocycles. The van der Waals surface area contributed by atoms with E-state index < -0.39 is 12.1 Å². The molecule has 0 saturated heterocycles. The molecule has 2 atom stereocenters. The van der Waals surface area contributed by atoms with Gasteiger partial charge in [-0.15, -0.1) is 11.3 Å². The molecule has 0 aliphatic rings. The Hall–Kier alpha value is -2.74. The van der Waals surface area contributed by atoms with E-state index in [1.807, 2.05) is 49.6 Å². The third kappa shape index (κ3) is 7.44. The minimum absolute atomic E-state index is 0. The van der Waals surface area contributed by atoms with Crippen LogP contribution in [0.15, 0.2) is 35.7 Å². The highest BCUT2D eigenvalue weighted by molar-refractivity contribution is 7.09. The molecule has 0 fully saturated rings. The first kappa shape index (κ1) is 25.5. The predicted octanol–water partition coefficient (Wildman–Crippen LogP) is 4.24. The van der Waals surface area contributed by atoms with Gasteiger partial charge in [0.25, 0.3) is 0 Å². The number of nitrogens with zero attached hydrogens (tertiary/aromatic N) is 2. The largest absolute Gasteiger partial charge is 0.344 e. The van der Waals surface area contributed by atoms with Crippen LogP contribution >= 0.6 is 11.3 Å². The van der Waals surface area contributed by atoms with E-state index in [9.17, 15) is 14.4 Å². The predicted molar refractivity (Wildman–Crippen MR) is 132 cm³/mol. The lowest BCUT2D eigenvalue weighted by Crippen LogP contribution is -2.55. The van der Waals surface area contributed by atoms with Crippen LogP contribution in [-0.2, 0) is 22.6 Å². The van der Waals surface area contributed by atoms with Gasteiger partial charge in [0.2, 0.25) is 5.91 Å². The third-order valence-electron chi connectivity index (χ3n) is 5.13. The van der Waals surface area contributed by atoms with Gasteiger partial charge >= 0.3 is 6.03 Å². The lowest BCUT2D eigenvalue weighted by atomic mass is 10.00. The molecule has 0 unspecified atom stereocenters. The van der Waals surface area contributed by atoms with Crippen LogP contribution in [0.5, 0.6) is 0 Å². The highest BCUT2D eigenvalue weighted by Crippen LogP contribution is 2.20. The van der Waals surface area contributed by atoms with Gasteiger partial charge in [-0.1, -0.05) is 58.0 Å². The Morgan fingerprint density at radius 3 is 2.28 bits per heavy atom. The van der Waals surface area contributed by atoms with Crippen LogP contribution in [0.1, 0.15) is 59.7 Å². The van der Waals surface area contributed by atoms with Crippen molar-refractivity contribution < 1.29 is 17.2 Å². The average Bonchev–Trinajstić information content (AvgIpc) is 3.20. The summed E-state index contributed by atoms with van der Waals surface area (Å²) in [5, 5.41) is 8.62. The van der Waals surface area contributed by atoms with Crippen LogP contribution in [0.4, 0.5) is 4.79 Å². The van der Waals surface area contributed by atoms with E-state index in [1.54, 1.807) is 18.4 Å². The Kier molecular flexibility index (Phi) is 9.38. The second kappa shape index (κ2) is 11.8. The summed E-state index contributed by atoms with van der Waals surface area (Å²) in [4.78, 5) is 44.0. The van der Waals surface area contributed by atoms with Crippen molar-refractivity contribution in [1.82, 2.24) is 20.5 Å². The number of rotatable bonds is 10. The van der Waals surface area contributed by atoms with Crippen LogP contribution in [0.2, 0.25) is 0 Å². The molecular formula is C24H38N4O3S. The van der Waals surface area contributed by atoms with E-state index in [4.69, 9.17) is 0 Å². The molecule has 32 heavy (non-hydrogen) atoms. The van der Waals surface area contributed by atoms with Crippen LogP contribution in [-0.4, -0.2) is 46.7 Å². The van der Waals surface area contributed by atoms with E-state index >= 15 is 0 Å². The van der Waals surface area contributed by atoms with Crippen molar-refractivity contribution in [2.24, 2.45) is 5.92 Å². The van der Waals surface area contributed by atoms with Crippen LogP contribution in [0, 0.1) is 5.92 Å². The average molecular weight is 463 g/mol. The molecule has 1 heterocycles. The highest BCUT2D eigenvalue weighted by Gasteiger charge is 2.28. The van der Waals surface area contributed by atoms with Gasteiger partial charge in [0.1, 0.15) is 6.04 Å². The summed E-state index contributed by atoms with van der Waals surface area (Å²) in [6.45, 7) is 9.70. The number of aromatic nitrogens is 1. The van der Waals surface area contributed by atoms with E-state index in [1.165, 1.54) is 11.8 Å². The molecule has 1 aromatic carbocycles. The SMILES string of the molecule is CC(=O)[C@H](Cc1ccccc1)NC(=O)[C@@H](NC(=O)N(C)Cc1csc(C(C)C)n1)C(C)C.[HH].[HH]. The molecule has 178 valence electrons. The van der Waals surface area contributed by atoms with Crippen molar-refractivity contribution in [2.75, 3.05) is 7.05 Å². The van der Waals surface area contributed by atoms with Gasteiger partial charge in [-0.05, 0) is 24.8 Å². The zero-order chi connectivity index (χ0) is 23.8. The first-order valence-corrected chi connectivity index (χ1v) is 11.8. The second-order valence-corrected chi connectivity index (χ2v) is 9.61. The van der Waals surface area contributed by atoms with E-state index in [0.29, 0.717) is 18.9 Å². The van der Waals surface area contributed by atoms with E-state index in [0.717, 1.165) is 16.3 Å². The minimum Gasteiger partial charge on any atom is -0.344 e. The Morgan fingerprint density at radius 2 is 1.75 bits per heavy atom. The van der Waals surface area contributed by atoms with Gasteiger partial charge in [0, 0.05) is 21.2 Å². The summed E-state index contributed by atoms with van der Waals surface area (Å²) in [7, 11) is 1.67. The van der Waals surface area contributed by atoms with Crippen molar-refractivity contribution in [3.63, 3.8) is 0 Å². The number of benzene rings is 1. The summed E-state index contributed by atoms with van der Waals surface area (Å²) in [5.74, 6) is -0.304. The van der Waals surface area contributed by atoms with Gasteiger partial charge in [-0.3, -0.25) is 9.59 Å². The summed E-state index contributed by atoms with van der Waals surface area (Å²) < 4.78 is 0. The molecule has 0 spiro atoms. The van der Waals surface area contributed by atoms with E-state index in [2.05, 4.69) is 29.5 Å². The molecule has 2 rings (SSSR count). The Balaban J connectivity index is 0.00000544. The maximum Gasteiger partial charge on any atom is 0.318 e. The number of carbonyl (C=O) groups excluding carboxylic acids is 3. The molecule has 0 radical (unpaired) electrons. The fraction of sp³-hybridized carbons (Fsp3) is 0.500. The van der Waals surface area contributed by atoms with Gasteiger partial charge in [-0.25, -0.2) is 9.78 Å². The number of carbonyl (C=O) groups is 3. The Bertz CT molecular complexity index is 922. The molecule has 2 aromatic rings. The molecule has 7 nitrogen and oxygen atoms in total. The van der Waals surface area contributed by atoms with E-state index in [-0.39, 0.29) is 26.5 Å². The number of hydrogen-bond acceptors (Lipinski definition) is 5. The monoisotopic (exact) mass is 462 g/mol. The molecule has 0 bridgehead atoms. The lowest BCUT2D eigenvalue weighted by Gasteiger charge is -2.27. The number of Topliss-reactive ketones (excluding diaryl/α,β-unsaturated/α-hetero) is 1. The second-order valence-electron chi connectivity index (χ2n) is 8.72. The quantitative estimate of drug-likeness (QED) is 0.552. The fourth-order valence-corrected chi connectivity index (χ4v) is 3.99. The smallest absolute Gasteiger partial charge is 0.318 e. The number of ketones is 1. The number of amides is 3. The number of hydrogen-bond donors (Lipinski definition) is 2. The van der Waals surface area contributed by atoms with Gasteiger partial charge < -0.3 is 15.5 Å². The Labute approximate surface area is 197 Å². The lowest BCUT2D eigenvalue weighted by molar-refractivity contribution is -0.128. The van der Waals surface area contributed by atoms with Gasteiger partial charge in [0.15, 0.2) is 5.78 Å². The van der Waals surface area contributed by atoms with Crippen molar-refractivity contribution in [3.8, 4) is 0 Å². The van der Waals surface area contributed by atoms with Crippen LogP contribution in [0.3, 0.4) is 0 Å². The number of nitrogens with one attached hydrogen (secondary N) is 2. The topological polar surface area (TPSA) is 91.4 Å². The number of thiazole rings is 1. The maximum atomic E-state index is 13.0. The maximum absolute atomic E-state index is 13.0. The molecule has 3 amide bonds. The highest BCUT2D eigenvalue weighted by atomic mass is 32.1. The van der Waals surface area contributed by atoms with Crippen molar-refractivity contribution in [2.45, 2.75) is 65.6 Å². The summed E-state index contributed by atoms with van der Waals surface area (Å²) >= 11 is 1.58. The van der Waals surface area contributed by atoms with Crippen LogP contribution in [0.25, 0.3) is 0 Å². The summed E-state index contributed by atoms with van der Waals surface area (Å²) in [6.07, 6.45) is 0.405. The molecule has 8 heteroatoms. The van der Waals surface area contributed by atoms with Crippen molar-refractivity contribution >= 4 is 29.1 Å². The standard InChI is InChI=1S/C24H34N4O3S.2H2/c1-15(2)21(22(30)26-20(17(5)29)12-18-10-8-7-9-11-18)27-24(31)28(6)13-19-14-32-23(25-19)16(3)4;;/h7-11,14-16,20-21H,12-13H2,1-6H3,(H,26,30)(H,27,31);2*1H/t20-,21-;;/m0../s1.